The van der Waals surface area contributed by atoms with E-state index in [0.717, 1.165) is 0 Å². The average Bonchev–Trinajstić information content (AvgIpc) is 0. The topological polar surface area (TPSA) is 0 Å². The van der Waals surface area contributed by atoms with Crippen LogP contribution < -0.4 is 0 Å². The molecule has 0 rings (SSSR count). The summed E-state index contributed by atoms with van der Waals surface area (Å²) in [6.07, 6.45) is 0. The van der Waals surface area contributed by atoms with Crippen LogP contribution in [0.2, 0.25) is 0 Å². The normalized spacial score (nSPS) is 0. The zero-order valence-corrected chi connectivity index (χ0v) is 19.2. The van der Waals surface area contributed by atoms with Gasteiger partial charge in [0, 0.05) is 0 Å². The minimum atomic E-state index is 0. The molecular weight excluding hydrogens is 820 g/mol. The molecule has 0 heterocycles. The Balaban J connectivity index is 0. The Morgan fingerprint density at radius 3 is 0.286 bits per heavy atom. The Morgan fingerprint density at radius 1 is 0.286 bits per heavy atom. The Labute approximate surface area is 155 Å². The van der Waals surface area contributed by atoms with Gasteiger partial charge in [-0.1, -0.05) is 0 Å². The van der Waals surface area contributed by atoms with Gasteiger partial charge in [0.05, 0.1) is 0 Å². The maximum absolute atomic E-state index is 0. The van der Waals surface area contributed by atoms with E-state index in [1.807, 2.05) is 0 Å². The van der Waals surface area contributed by atoms with Crippen molar-refractivity contribution in [3.05, 3.63) is 0 Å². The van der Waals surface area contributed by atoms with E-state index in [2.05, 4.69) is 0 Å². The maximum atomic E-state index is 0. The summed E-state index contributed by atoms with van der Waals surface area (Å²) >= 11 is 0. The molecule has 0 aliphatic heterocycles. The van der Waals surface area contributed by atoms with Gasteiger partial charge in [0.1, 0.15) is 0 Å². The third kappa shape index (κ3) is 33.9. The van der Waals surface area contributed by atoms with Gasteiger partial charge in [0.15, 0.2) is 0 Å². The van der Waals surface area contributed by atoms with Crippen molar-refractivity contribution in [1.82, 2.24) is 0 Å². The summed E-state index contributed by atoms with van der Waals surface area (Å²) in [5.74, 6) is 0. The predicted octanol–water partition coefficient (Wildman–Crippen LogP) is 3.44. The van der Waals surface area contributed by atoms with Crippen LogP contribution in [0.25, 0.3) is 0 Å². The Hall–Kier alpha value is 5.69. The molecule has 7 heteroatoms. The first-order chi connectivity index (χ1) is 0. The van der Waals surface area contributed by atoms with Crippen LogP contribution in [0, 0.1) is 120 Å². The molecule has 0 N–H and O–H groups in total. The second-order valence-corrected chi connectivity index (χ2v) is 0. The van der Waals surface area contributed by atoms with E-state index in [1.54, 1.807) is 0 Å². The van der Waals surface area contributed by atoms with Crippen molar-refractivity contribution in [3.8, 4) is 0 Å². The Morgan fingerprint density at radius 2 is 0.286 bits per heavy atom. The first-order valence-electron chi connectivity index (χ1n) is 0. The SMILES string of the molecule is [P-3].[P-3].[P-3].[P-3].[Th+4].[Th+4].[Th+4]. The van der Waals surface area contributed by atoms with Crippen molar-refractivity contribution in [1.29, 1.82) is 0 Å². The summed E-state index contributed by atoms with van der Waals surface area (Å²) in [7, 11) is 0. The first-order valence-corrected chi connectivity index (χ1v) is 0. The minimum absolute atomic E-state index is 0. The summed E-state index contributed by atoms with van der Waals surface area (Å²) in [5, 5.41) is 0. The molecule has 0 radical (unpaired) electrons. The van der Waals surface area contributed by atoms with Crippen LogP contribution in [-0.4, -0.2) is 0 Å². The molecule has 0 fully saturated rings. The fourth-order valence-corrected chi connectivity index (χ4v) is 0. The van der Waals surface area contributed by atoms with Gasteiger partial charge in [-0.05, 0) is 0 Å². The van der Waals surface area contributed by atoms with E-state index in [0.29, 0.717) is 0 Å². The second kappa shape index (κ2) is 41.2. The molecule has 0 atom stereocenters. The fourth-order valence-electron chi connectivity index (χ4n) is 0. The molecule has 0 aromatic carbocycles. The molecule has 0 saturated carbocycles. The van der Waals surface area contributed by atoms with E-state index in [-0.39, 0.29) is 159 Å². The molecular formula is P4Th3. The van der Waals surface area contributed by atoms with E-state index in [9.17, 15) is 0 Å². The summed E-state index contributed by atoms with van der Waals surface area (Å²) in [6, 6.07) is 0. The molecule has 0 aromatic rings. The molecule has 0 aliphatic carbocycles. The van der Waals surface area contributed by atoms with Crippen molar-refractivity contribution in [2.24, 2.45) is 0 Å². The van der Waals surface area contributed by atoms with Crippen LogP contribution in [0.4, 0.5) is 0 Å². The van der Waals surface area contributed by atoms with Crippen molar-refractivity contribution in [2.75, 3.05) is 0 Å². The molecule has 0 nitrogen and oxygen atoms in total. The summed E-state index contributed by atoms with van der Waals surface area (Å²) in [5.41, 5.74) is 0. The Bertz CT molecular complexity index is 6.90. The number of hydrogen-bond donors (Lipinski definition) is 0. The van der Waals surface area contributed by atoms with E-state index in [1.165, 1.54) is 0 Å². The molecule has 0 aliphatic rings. The summed E-state index contributed by atoms with van der Waals surface area (Å²) in [4.78, 5) is 0. The fraction of sp³-hybridized carbons (Fsp3) is 0. The molecule has 7 heavy (non-hydrogen) atoms. The summed E-state index contributed by atoms with van der Waals surface area (Å²) in [6.45, 7) is 0. The summed E-state index contributed by atoms with van der Waals surface area (Å²) < 4.78 is 0. The van der Waals surface area contributed by atoms with Crippen LogP contribution in [0.3, 0.4) is 0 Å². The van der Waals surface area contributed by atoms with Gasteiger partial charge >= 0.3 is 120 Å². The maximum Gasteiger partial charge on any atom is 4.00 e. The third-order valence-electron chi connectivity index (χ3n) is 0. The zero-order valence-electron chi connectivity index (χ0n) is 3.29. The van der Waals surface area contributed by atoms with Gasteiger partial charge < -0.3 is 39.6 Å². The van der Waals surface area contributed by atoms with Gasteiger partial charge in [-0.2, -0.15) is 0 Å². The van der Waals surface area contributed by atoms with Crippen LogP contribution >= 0.6 is 39.6 Å². The average molecular weight is 820 g/mol. The molecule has 32 valence electrons. The van der Waals surface area contributed by atoms with Crippen molar-refractivity contribution in [3.63, 3.8) is 0 Å². The molecule has 0 bridgehead atoms. The zero-order chi connectivity index (χ0) is 0. The molecule has 0 amide bonds. The monoisotopic (exact) mass is 820 g/mol. The van der Waals surface area contributed by atoms with Crippen LogP contribution in [0.1, 0.15) is 0 Å². The first kappa shape index (κ1) is 53.5. The van der Waals surface area contributed by atoms with Crippen LogP contribution in [0.15, 0.2) is 0 Å². The Kier molecular flexibility index (Phi) is 315. The van der Waals surface area contributed by atoms with Crippen molar-refractivity contribution in [2.45, 2.75) is 0 Å². The second-order valence-electron chi connectivity index (χ2n) is 0. The smallest absolute Gasteiger partial charge is 3.00 e. The minimum Gasteiger partial charge on any atom is -3.00 e. The van der Waals surface area contributed by atoms with Gasteiger partial charge in [0.2, 0.25) is 0 Å². The van der Waals surface area contributed by atoms with E-state index >= 15 is 0 Å². The largest absolute Gasteiger partial charge is 4.00 e. The molecule has 0 spiro atoms. The predicted molar refractivity (Wildman–Crippen MR) is 27.7 cm³/mol. The van der Waals surface area contributed by atoms with Crippen molar-refractivity contribution < 1.29 is 120 Å². The van der Waals surface area contributed by atoms with Crippen LogP contribution in [-0.2, 0) is 0 Å². The third-order valence-corrected chi connectivity index (χ3v) is 0. The van der Waals surface area contributed by atoms with Gasteiger partial charge in [-0.15, -0.1) is 0 Å². The standard InChI is InChI=1S/4P.3Th/q4*-3;3*+4. The van der Waals surface area contributed by atoms with Crippen molar-refractivity contribution >= 4 is 39.6 Å². The van der Waals surface area contributed by atoms with E-state index in [4.69, 9.17) is 0 Å². The number of rotatable bonds is 0. The van der Waals surface area contributed by atoms with Gasteiger partial charge in [-0.3, -0.25) is 0 Å². The number of hydrogen-bond acceptors (Lipinski definition) is 0. The van der Waals surface area contributed by atoms with Crippen LogP contribution in [0.5, 0.6) is 0 Å². The van der Waals surface area contributed by atoms with E-state index < -0.39 is 0 Å². The van der Waals surface area contributed by atoms with Gasteiger partial charge in [0.25, 0.3) is 0 Å². The molecule has 0 saturated heterocycles. The molecule has 0 unspecified atom stereocenters. The van der Waals surface area contributed by atoms with Gasteiger partial charge in [-0.25, -0.2) is 0 Å². The quantitative estimate of drug-likeness (QED) is 0.329. The molecule has 0 aromatic heterocycles.